The molecule has 2 aromatic rings. The van der Waals surface area contributed by atoms with Gasteiger partial charge in [0.15, 0.2) is 5.78 Å². The zero-order chi connectivity index (χ0) is 12.7. The molecule has 0 N–H and O–H groups in total. The molecule has 94 valence electrons. The molecule has 0 amide bonds. The number of fused-ring (bicyclic) bond motifs is 1. The van der Waals surface area contributed by atoms with E-state index >= 15 is 0 Å². The molecule has 0 atom stereocenters. The smallest absolute Gasteiger partial charge is 0.168 e. The van der Waals surface area contributed by atoms with Gasteiger partial charge in [-0.1, -0.05) is 30.5 Å². The molecule has 0 unspecified atom stereocenters. The van der Waals surface area contributed by atoms with E-state index in [0.717, 1.165) is 29.3 Å². The number of ketones is 1. The van der Waals surface area contributed by atoms with E-state index in [4.69, 9.17) is 11.6 Å². The topological polar surface area (TPSA) is 22.0 Å². The van der Waals surface area contributed by atoms with E-state index in [2.05, 4.69) is 0 Å². The molecule has 1 heterocycles. The summed E-state index contributed by atoms with van der Waals surface area (Å²) in [5.41, 5.74) is 1.89. The van der Waals surface area contributed by atoms with Gasteiger partial charge in [0.05, 0.1) is 0 Å². The van der Waals surface area contributed by atoms with Crippen LogP contribution in [0.1, 0.15) is 36.0 Å². The van der Waals surface area contributed by atoms with E-state index < -0.39 is 0 Å². The lowest BCUT2D eigenvalue weighted by molar-refractivity contribution is 0.0924. The first-order valence-corrected chi connectivity index (χ1v) is 6.83. The minimum atomic E-state index is 0.228. The second-order valence-electron chi connectivity index (χ2n) is 5.16. The average molecular weight is 262 g/mol. The quantitative estimate of drug-likeness (QED) is 0.743. The van der Waals surface area contributed by atoms with Gasteiger partial charge in [0, 0.05) is 40.7 Å². The molecular weight excluding hydrogens is 246 g/mol. The van der Waals surface area contributed by atoms with E-state index in [1.807, 2.05) is 36.0 Å². The molecule has 3 rings (SSSR count). The predicted molar refractivity (Wildman–Crippen MR) is 74.2 cm³/mol. The lowest BCUT2D eigenvalue weighted by Gasteiger charge is -2.06. The van der Waals surface area contributed by atoms with E-state index in [1.54, 1.807) is 0 Å². The molecule has 1 aliphatic rings. The normalized spacial score (nSPS) is 16.6. The van der Waals surface area contributed by atoms with E-state index in [-0.39, 0.29) is 5.92 Å². The van der Waals surface area contributed by atoms with Crippen molar-refractivity contribution < 1.29 is 4.79 Å². The van der Waals surface area contributed by atoms with E-state index in [1.165, 1.54) is 12.8 Å². The van der Waals surface area contributed by atoms with E-state index in [0.29, 0.717) is 10.8 Å². The highest BCUT2D eigenvalue weighted by Gasteiger charge is 2.26. The molecule has 1 saturated carbocycles. The Morgan fingerprint density at radius 3 is 2.78 bits per heavy atom. The third-order valence-electron chi connectivity index (χ3n) is 3.94. The average Bonchev–Trinajstić information content (AvgIpc) is 2.97. The summed E-state index contributed by atoms with van der Waals surface area (Å²) in [6.07, 6.45) is 6.41. The summed E-state index contributed by atoms with van der Waals surface area (Å²) in [7, 11) is 1.96. The van der Waals surface area contributed by atoms with Gasteiger partial charge in [-0.3, -0.25) is 4.79 Å². The second kappa shape index (κ2) is 4.43. The molecule has 18 heavy (non-hydrogen) atoms. The number of nitrogens with zero attached hydrogens (tertiary/aromatic N) is 1. The fourth-order valence-electron chi connectivity index (χ4n) is 2.96. The number of halogens is 1. The van der Waals surface area contributed by atoms with Gasteiger partial charge in [-0.05, 0) is 25.0 Å². The molecule has 0 spiro atoms. The summed E-state index contributed by atoms with van der Waals surface area (Å²) in [5.74, 6) is 0.534. The van der Waals surface area contributed by atoms with Crippen LogP contribution in [0, 0.1) is 5.92 Å². The van der Waals surface area contributed by atoms with Crippen LogP contribution in [-0.4, -0.2) is 10.4 Å². The van der Waals surface area contributed by atoms with Crippen molar-refractivity contribution in [2.24, 2.45) is 13.0 Å². The molecule has 1 fully saturated rings. The third kappa shape index (κ3) is 1.85. The van der Waals surface area contributed by atoms with Crippen LogP contribution in [0.15, 0.2) is 24.4 Å². The predicted octanol–water partition coefficient (Wildman–Crippen LogP) is 4.20. The maximum Gasteiger partial charge on any atom is 0.168 e. The monoisotopic (exact) mass is 261 g/mol. The number of aryl methyl sites for hydroxylation is 1. The first-order chi connectivity index (χ1) is 8.66. The summed E-state index contributed by atoms with van der Waals surface area (Å²) in [6, 6.07) is 5.73. The van der Waals surface area contributed by atoms with Gasteiger partial charge in [0.2, 0.25) is 0 Å². The summed E-state index contributed by atoms with van der Waals surface area (Å²) in [5, 5.41) is 1.74. The van der Waals surface area contributed by atoms with Crippen LogP contribution in [0.25, 0.3) is 10.9 Å². The zero-order valence-corrected chi connectivity index (χ0v) is 11.2. The fraction of sp³-hybridized carbons (Fsp3) is 0.400. The number of hydrogen-bond donors (Lipinski definition) is 0. The number of carbonyl (C=O) groups is 1. The Labute approximate surface area is 112 Å². The van der Waals surface area contributed by atoms with Crippen LogP contribution in [0.4, 0.5) is 0 Å². The molecule has 0 aliphatic heterocycles. The van der Waals surface area contributed by atoms with Gasteiger partial charge < -0.3 is 4.57 Å². The maximum absolute atomic E-state index is 12.5. The Balaban J connectivity index is 2.09. The van der Waals surface area contributed by atoms with Gasteiger partial charge in [-0.15, -0.1) is 0 Å². The summed E-state index contributed by atoms with van der Waals surface area (Å²) >= 11 is 6.01. The largest absolute Gasteiger partial charge is 0.350 e. The van der Waals surface area contributed by atoms with Crippen LogP contribution >= 0.6 is 11.6 Å². The first-order valence-electron chi connectivity index (χ1n) is 6.45. The summed E-state index contributed by atoms with van der Waals surface area (Å²) < 4.78 is 1.99. The zero-order valence-electron chi connectivity index (χ0n) is 10.4. The van der Waals surface area contributed by atoms with Crippen molar-refractivity contribution in [2.75, 3.05) is 0 Å². The van der Waals surface area contributed by atoms with Gasteiger partial charge in [0.25, 0.3) is 0 Å². The SMILES string of the molecule is Cn1cc(C(=O)C2CCCC2)c2ccc(Cl)cc21. The first kappa shape index (κ1) is 11.8. The van der Waals surface area contributed by atoms with Crippen molar-refractivity contribution in [3.8, 4) is 0 Å². The van der Waals surface area contributed by atoms with Gasteiger partial charge in [-0.2, -0.15) is 0 Å². The van der Waals surface area contributed by atoms with Crippen LogP contribution < -0.4 is 0 Å². The van der Waals surface area contributed by atoms with Crippen molar-refractivity contribution >= 4 is 28.3 Å². The van der Waals surface area contributed by atoms with Crippen molar-refractivity contribution in [3.63, 3.8) is 0 Å². The summed E-state index contributed by atoms with van der Waals surface area (Å²) in [4.78, 5) is 12.5. The second-order valence-corrected chi connectivity index (χ2v) is 5.60. The van der Waals surface area contributed by atoms with Crippen molar-refractivity contribution in [1.82, 2.24) is 4.57 Å². The highest BCUT2D eigenvalue weighted by Crippen LogP contribution is 2.32. The van der Waals surface area contributed by atoms with Crippen molar-refractivity contribution in [3.05, 3.63) is 35.0 Å². The molecule has 0 saturated heterocycles. The van der Waals surface area contributed by atoms with Crippen molar-refractivity contribution in [1.29, 1.82) is 0 Å². The summed E-state index contributed by atoms with van der Waals surface area (Å²) in [6.45, 7) is 0. The maximum atomic E-state index is 12.5. The van der Waals surface area contributed by atoms with Crippen LogP contribution in [-0.2, 0) is 7.05 Å². The highest BCUT2D eigenvalue weighted by atomic mass is 35.5. The van der Waals surface area contributed by atoms with Gasteiger partial charge >= 0.3 is 0 Å². The Morgan fingerprint density at radius 2 is 2.06 bits per heavy atom. The fourth-order valence-corrected chi connectivity index (χ4v) is 3.13. The molecule has 1 aliphatic carbocycles. The lowest BCUT2D eigenvalue weighted by atomic mass is 9.96. The van der Waals surface area contributed by atoms with Gasteiger partial charge in [-0.25, -0.2) is 0 Å². The highest BCUT2D eigenvalue weighted by molar-refractivity contribution is 6.31. The Kier molecular flexibility index (Phi) is 2.90. The number of benzene rings is 1. The van der Waals surface area contributed by atoms with Crippen LogP contribution in [0.5, 0.6) is 0 Å². The van der Waals surface area contributed by atoms with Crippen LogP contribution in [0.2, 0.25) is 5.02 Å². The van der Waals surface area contributed by atoms with Crippen LogP contribution in [0.3, 0.4) is 0 Å². The number of aromatic nitrogens is 1. The number of carbonyl (C=O) groups excluding carboxylic acids is 1. The third-order valence-corrected chi connectivity index (χ3v) is 4.18. The Morgan fingerprint density at radius 1 is 1.33 bits per heavy atom. The molecular formula is C15H16ClNO. The molecule has 1 aromatic heterocycles. The lowest BCUT2D eigenvalue weighted by Crippen LogP contribution is -2.10. The molecule has 0 bridgehead atoms. The number of Topliss-reactive ketones (excluding diaryl/α,β-unsaturated/α-hetero) is 1. The standard InChI is InChI=1S/C15H16ClNO/c1-17-9-13(15(18)10-4-2-3-5-10)12-7-6-11(16)8-14(12)17/h6-10H,2-5H2,1H3. The molecule has 0 radical (unpaired) electrons. The Bertz CT molecular complexity index is 608. The molecule has 3 heteroatoms. The number of rotatable bonds is 2. The van der Waals surface area contributed by atoms with Crippen molar-refractivity contribution in [2.45, 2.75) is 25.7 Å². The van der Waals surface area contributed by atoms with E-state index in [9.17, 15) is 4.79 Å². The molecule has 1 aromatic carbocycles. The Hall–Kier alpha value is -1.28. The van der Waals surface area contributed by atoms with Gasteiger partial charge in [0.1, 0.15) is 0 Å². The number of hydrogen-bond acceptors (Lipinski definition) is 1. The molecule has 2 nitrogen and oxygen atoms in total. The minimum absolute atomic E-state index is 0.228. The minimum Gasteiger partial charge on any atom is -0.350 e.